The van der Waals surface area contributed by atoms with Gasteiger partial charge < -0.3 is 19.3 Å². The van der Waals surface area contributed by atoms with Gasteiger partial charge in [-0.15, -0.1) is 0 Å². The van der Waals surface area contributed by atoms with Gasteiger partial charge in [-0.2, -0.15) is 0 Å². The van der Waals surface area contributed by atoms with Crippen LogP contribution in [0.2, 0.25) is 5.02 Å². The summed E-state index contributed by atoms with van der Waals surface area (Å²) in [5.41, 5.74) is 2.47. The Hall–Kier alpha value is -3.51. The zero-order valence-electron chi connectivity index (χ0n) is 24.2. The van der Waals surface area contributed by atoms with Gasteiger partial charge in [0.2, 0.25) is 0 Å². The molecule has 40 heavy (non-hydrogen) atoms. The molecule has 1 heterocycles. The Morgan fingerprint density at radius 3 is 2.30 bits per heavy atom. The second-order valence-corrected chi connectivity index (χ2v) is 11.6. The number of hydrogen-bond acceptors (Lipinski definition) is 5. The van der Waals surface area contributed by atoms with Gasteiger partial charge in [0.05, 0.1) is 0 Å². The van der Waals surface area contributed by atoms with Crippen molar-refractivity contribution in [3.8, 4) is 0 Å². The van der Waals surface area contributed by atoms with E-state index < -0.39 is 5.60 Å². The Labute approximate surface area is 243 Å². The fourth-order valence-corrected chi connectivity index (χ4v) is 5.12. The highest BCUT2D eigenvalue weighted by molar-refractivity contribution is 6.30. The molecule has 0 bridgehead atoms. The Balaban J connectivity index is 1.94. The molecule has 0 unspecified atom stereocenters. The van der Waals surface area contributed by atoms with E-state index in [0.717, 1.165) is 17.7 Å². The maximum Gasteiger partial charge on any atom is 0.410 e. The van der Waals surface area contributed by atoms with E-state index in [1.54, 1.807) is 12.2 Å². The van der Waals surface area contributed by atoms with Gasteiger partial charge in [-0.3, -0.25) is 4.79 Å². The molecular weight excluding hydrogens is 524 g/mol. The minimum absolute atomic E-state index is 0.163. The van der Waals surface area contributed by atoms with Crippen molar-refractivity contribution >= 4 is 29.4 Å². The molecule has 0 N–H and O–H groups in total. The number of hydrogen-bond donors (Lipinski definition) is 0. The van der Waals surface area contributed by atoms with E-state index in [1.807, 2.05) is 81.1 Å². The number of esters is 1. The largest absolute Gasteiger partial charge is 0.444 e. The standard InChI is InChI=1S/C33H41ClN2O4/c1-7-12-26(31(8-2)39-24(3)37)20-35(30-17-15-29(34)16-18-30)22-28-23-36(32(38)40-33(4,5)6)21-27(28)19-25-13-10-9-11-14-25/h7-18,27-28H,1,19-23H2,2-6H3/b26-12-,31-8+/t27-,28-/m0/s1. The summed E-state index contributed by atoms with van der Waals surface area (Å²) in [6, 6.07) is 18.1. The van der Waals surface area contributed by atoms with Crippen molar-refractivity contribution < 1.29 is 19.1 Å². The van der Waals surface area contributed by atoms with Crippen LogP contribution < -0.4 is 4.90 Å². The molecule has 0 saturated carbocycles. The lowest BCUT2D eigenvalue weighted by Gasteiger charge is -2.31. The first-order valence-corrected chi connectivity index (χ1v) is 14.1. The van der Waals surface area contributed by atoms with Gasteiger partial charge in [-0.25, -0.2) is 4.79 Å². The molecular formula is C33H41ClN2O4. The molecule has 1 aliphatic heterocycles. The van der Waals surface area contributed by atoms with Crippen LogP contribution in [0.3, 0.4) is 0 Å². The lowest BCUT2D eigenvalue weighted by atomic mass is 9.89. The van der Waals surface area contributed by atoms with Crippen LogP contribution in [-0.4, -0.2) is 48.7 Å². The first-order chi connectivity index (χ1) is 19.0. The molecule has 1 amide bonds. The molecule has 1 fully saturated rings. The predicted molar refractivity (Wildman–Crippen MR) is 162 cm³/mol. The van der Waals surface area contributed by atoms with Crippen molar-refractivity contribution in [1.82, 2.24) is 4.90 Å². The average Bonchev–Trinajstić information content (AvgIpc) is 3.29. The number of anilines is 1. The van der Waals surface area contributed by atoms with Gasteiger partial charge in [0.1, 0.15) is 11.4 Å². The summed E-state index contributed by atoms with van der Waals surface area (Å²) in [6.45, 7) is 15.1. The van der Waals surface area contributed by atoms with Gasteiger partial charge >= 0.3 is 12.1 Å². The Kier molecular flexibility index (Phi) is 11.0. The minimum Gasteiger partial charge on any atom is -0.444 e. The summed E-state index contributed by atoms with van der Waals surface area (Å²) in [7, 11) is 0. The first kappa shape index (κ1) is 31.0. The first-order valence-electron chi connectivity index (χ1n) is 13.7. The van der Waals surface area contributed by atoms with Gasteiger partial charge in [0, 0.05) is 49.4 Å². The monoisotopic (exact) mass is 564 g/mol. The van der Waals surface area contributed by atoms with Gasteiger partial charge in [-0.05, 0) is 81.9 Å². The fraction of sp³-hybridized carbons (Fsp3) is 0.394. The van der Waals surface area contributed by atoms with Crippen LogP contribution in [-0.2, 0) is 20.7 Å². The lowest BCUT2D eigenvalue weighted by molar-refractivity contribution is -0.136. The third-order valence-corrected chi connectivity index (χ3v) is 6.98. The number of allylic oxidation sites excluding steroid dienone is 3. The number of ether oxygens (including phenoxy) is 2. The van der Waals surface area contributed by atoms with Crippen LogP contribution in [0.15, 0.2) is 90.7 Å². The third kappa shape index (κ3) is 9.30. The summed E-state index contributed by atoms with van der Waals surface area (Å²) in [5.74, 6) is 0.504. The van der Waals surface area contributed by atoms with E-state index in [2.05, 4.69) is 23.6 Å². The molecule has 0 spiro atoms. The average molecular weight is 565 g/mol. The van der Waals surface area contributed by atoms with E-state index in [-0.39, 0.29) is 23.9 Å². The normalized spacial score (nSPS) is 17.9. The third-order valence-electron chi connectivity index (χ3n) is 6.73. The summed E-state index contributed by atoms with van der Waals surface area (Å²) >= 11 is 6.22. The number of rotatable bonds is 10. The number of likely N-dealkylation sites (tertiary alicyclic amines) is 1. The fourth-order valence-electron chi connectivity index (χ4n) is 4.99. The molecule has 214 valence electrons. The second-order valence-electron chi connectivity index (χ2n) is 11.1. The molecule has 0 aromatic heterocycles. The van der Waals surface area contributed by atoms with Crippen molar-refractivity contribution in [1.29, 1.82) is 0 Å². The van der Waals surface area contributed by atoms with E-state index in [4.69, 9.17) is 21.1 Å². The molecule has 1 aliphatic rings. The van der Waals surface area contributed by atoms with Crippen molar-refractivity contribution in [3.05, 3.63) is 101 Å². The summed E-state index contributed by atoms with van der Waals surface area (Å²) in [4.78, 5) is 29.0. The maximum atomic E-state index is 13.1. The van der Waals surface area contributed by atoms with Crippen molar-refractivity contribution in [3.63, 3.8) is 0 Å². The van der Waals surface area contributed by atoms with Gasteiger partial charge in [0.15, 0.2) is 0 Å². The second kappa shape index (κ2) is 14.2. The van der Waals surface area contributed by atoms with Crippen LogP contribution in [0.1, 0.15) is 40.2 Å². The minimum atomic E-state index is -0.566. The summed E-state index contributed by atoms with van der Waals surface area (Å²) in [5, 5.41) is 0.651. The maximum absolute atomic E-state index is 13.1. The lowest BCUT2D eigenvalue weighted by Crippen LogP contribution is -2.37. The van der Waals surface area contributed by atoms with Crippen LogP contribution >= 0.6 is 11.6 Å². The van der Waals surface area contributed by atoms with E-state index in [1.165, 1.54) is 12.5 Å². The van der Waals surface area contributed by atoms with Crippen molar-refractivity contribution in [2.75, 3.05) is 31.1 Å². The zero-order valence-corrected chi connectivity index (χ0v) is 25.0. The van der Waals surface area contributed by atoms with Gasteiger partial charge in [-0.1, -0.05) is 60.7 Å². The van der Waals surface area contributed by atoms with Crippen LogP contribution in [0.25, 0.3) is 0 Å². The smallest absolute Gasteiger partial charge is 0.410 e. The molecule has 6 nitrogen and oxygen atoms in total. The Bertz CT molecular complexity index is 1220. The Morgan fingerprint density at radius 1 is 1.07 bits per heavy atom. The molecule has 0 aliphatic carbocycles. The molecule has 2 atom stereocenters. The summed E-state index contributed by atoms with van der Waals surface area (Å²) in [6.07, 6.45) is 5.91. The topological polar surface area (TPSA) is 59.1 Å². The van der Waals surface area contributed by atoms with Crippen LogP contribution in [0.5, 0.6) is 0 Å². The molecule has 3 rings (SSSR count). The number of nitrogens with zero attached hydrogens (tertiary/aromatic N) is 2. The highest BCUT2D eigenvalue weighted by atomic mass is 35.5. The van der Waals surface area contributed by atoms with Gasteiger partial charge in [0.25, 0.3) is 0 Å². The number of carbonyl (C=O) groups is 2. The molecule has 2 aromatic carbocycles. The number of halogens is 1. The van der Waals surface area contributed by atoms with Crippen molar-refractivity contribution in [2.24, 2.45) is 11.8 Å². The van der Waals surface area contributed by atoms with E-state index in [9.17, 15) is 9.59 Å². The van der Waals surface area contributed by atoms with E-state index >= 15 is 0 Å². The zero-order chi connectivity index (χ0) is 29.3. The van der Waals surface area contributed by atoms with Crippen LogP contribution in [0.4, 0.5) is 10.5 Å². The summed E-state index contributed by atoms with van der Waals surface area (Å²) < 4.78 is 11.3. The Morgan fingerprint density at radius 2 is 1.73 bits per heavy atom. The number of amides is 1. The molecule has 7 heteroatoms. The highest BCUT2D eigenvalue weighted by Crippen LogP contribution is 2.32. The van der Waals surface area contributed by atoms with Crippen molar-refractivity contribution in [2.45, 2.75) is 46.6 Å². The number of benzene rings is 2. The van der Waals surface area contributed by atoms with E-state index in [0.29, 0.717) is 37.0 Å². The van der Waals surface area contributed by atoms with Crippen LogP contribution in [0, 0.1) is 11.8 Å². The molecule has 1 saturated heterocycles. The highest BCUT2D eigenvalue weighted by Gasteiger charge is 2.38. The molecule has 0 radical (unpaired) electrons. The SMILES string of the molecule is C=C/C=C(CN(C[C@H]1CN(C(=O)OC(C)(C)C)C[C@@H]1Cc1ccccc1)c1ccc(Cl)cc1)\C(=C/C)OC(C)=O. The number of carbonyl (C=O) groups excluding carboxylic acids is 2. The molecule has 2 aromatic rings. The predicted octanol–water partition coefficient (Wildman–Crippen LogP) is 7.45. The quantitative estimate of drug-likeness (QED) is 0.170.